The molecule has 0 unspecified atom stereocenters. The number of sulfonamides is 1. The molecule has 4 rings (SSSR count). The number of carbonyl (C=O) groups excluding carboxylic acids is 2. The van der Waals surface area contributed by atoms with Crippen LogP contribution in [0, 0.1) is 0 Å². The first-order valence-electron chi connectivity index (χ1n) is 9.05. The summed E-state index contributed by atoms with van der Waals surface area (Å²) in [7, 11) is -0.617. The van der Waals surface area contributed by atoms with Gasteiger partial charge in [-0.3, -0.25) is 13.9 Å². The van der Waals surface area contributed by atoms with Crippen molar-refractivity contribution in [2.45, 2.75) is 4.90 Å². The summed E-state index contributed by atoms with van der Waals surface area (Å²) in [5.74, 6) is -0.814. The molecule has 0 saturated carbocycles. The SMILES string of the molecule is CN(C)C(=O)c1ccc(Cl)c(NC(=O)CN2c3cccc4cccc(c34)S2(=O)=O)c1. The van der Waals surface area contributed by atoms with E-state index in [4.69, 9.17) is 11.6 Å². The number of anilines is 2. The van der Waals surface area contributed by atoms with Crippen molar-refractivity contribution in [1.82, 2.24) is 4.90 Å². The van der Waals surface area contributed by atoms with E-state index < -0.39 is 22.5 Å². The number of rotatable bonds is 4. The number of hydrogen-bond donors (Lipinski definition) is 1. The molecule has 1 aliphatic rings. The van der Waals surface area contributed by atoms with Gasteiger partial charge in [0.15, 0.2) is 0 Å². The molecule has 1 aliphatic heterocycles. The highest BCUT2D eigenvalue weighted by Crippen LogP contribution is 2.41. The normalized spacial score (nSPS) is 14.0. The minimum Gasteiger partial charge on any atom is -0.345 e. The van der Waals surface area contributed by atoms with Gasteiger partial charge in [0.2, 0.25) is 5.91 Å². The van der Waals surface area contributed by atoms with Crippen molar-refractivity contribution in [3.8, 4) is 0 Å². The highest BCUT2D eigenvalue weighted by Gasteiger charge is 2.36. The van der Waals surface area contributed by atoms with Gasteiger partial charge in [0.25, 0.3) is 15.9 Å². The van der Waals surface area contributed by atoms with Crippen LogP contribution < -0.4 is 9.62 Å². The molecular formula is C21H18ClN3O4S. The van der Waals surface area contributed by atoms with Crippen LogP contribution in [-0.2, 0) is 14.8 Å². The van der Waals surface area contributed by atoms with E-state index >= 15 is 0 Å². The van der Waals surface area contributed by atoms with Crippen molar-refractivity contribution in [1.29, 1.82) is 0 Å². The summed E-state index contributed by atoms with van der Waals surface area (Å²) in [5.41, 5.74) is 1.05. The van der Waals surface area contributed by atoms with Gasteiger partial charge < -0.3 is 10.2 Å². The maximum atomic E-state index is 13.0. The van der Waals surface area contributed by atoms with Gasteiger partial charge in [-0.2, -0.15) is 0 Å². The lowest BCUT2D eigenvalue weighted by atomic mass is 10.1. The van der Waals surface area contributed by atoms with Crippen LogP contribution in [0.4, 0.5) is 11.4 Å². The first-order chi connectivity index (χ1) is 14.2. The number of amides is 2. The number of hydrogen-bond acceptors (Lipinski definition) is 4. The number of benzene rings is 3. The quantitative estimate of drug-likeness (QED) is 0.670. The van der Waals surface area contributed by atoms with Crippen LogP contribution in [0.1, 0.15) is 10.4 Å². The average molecular weight is 444 g/mol. The van der Waals surface area contributed by atoms with Crippen LogP contribution in [0.15, 0.2) is 59.5 Å². The average Bonchev–Trinajstić information content (AvgIpc) is 2.92. The molecule has 0 atom stereocenters. The summed E-state index contributed by atoms with van der Waals surface area (Å²) in [6.45, 7) is -0.418. The molecule has 3 aromatic rings. The maximum absolute atomic E-state index is 13.0. The summed E-state index contributed by atoms with van der Waals surface area (Å²) in [6, 6.07) is 14.8. The Kier molecular flexibility index (Phi) is 4.91. The van der Waals surface area contributed by atoms with Crippen LogP contribution in [0.3, 0.4) is 0 Å². The zero-order valence-corrected chi connectivity index (χ0v) is 17.8. The van der Waals surface area contributed by atoms with Crippen molar-refractivity contribution in [2.24, 2.45) is 0 Å². The fourth-order valence-corrected chi connectivity index (χ4v) is 5.29. The molecule has 1 N–H and O–H groups in total. The molecule has 0 spiro atoms. The molecule has 154 valence electrons. The van der Waals surface area contributed by atoms with Gasteiger partial charge in [0.1, 0.15) is 6.54 Å². The second-order valence-electron chi connectivity index (χ2n) is 7.09. The molecule has 30 heavy (non-hydrogen) atoms. The molecule has 3 aromatic carbocycles. The molecule has 2 amide bonds. The van der Waals surface area contributed by atoms with E-state index in [1.54, 1.807) is 38.4 Å². The monoisotopic (exact) mass is 443 g/mol. The third-order valence-corrected chi connectivity index (χ3v) is 6.99. The van der Waals surface area contributed by atoms with Crippen LogP contribution in [0.5, 0.6) is 0 Å². The molecule has 0 bridgehead atoms. The van der Waals surface area contributed by atoms with Gasteiger partial charge in [-0.25, -0.2) is 8.42 Å². The Labute approximate surface area is 178 Å². The molecule has 9 heteroatoms. The van der Waals surface area contributed by atoms with Gasteiger partial charge in [0, 0.05) is 25.0 Å². The first kappa shape index (κ1) is 20.2. The third-order valence-electron chi connectivity index (χ3n) is 4.86. The summed E-state index contributed by atoms with van der Waals surface area (Å²) in [4.78, 5) is 26.5. The minimum absolute atomic E-state index is 0.181. The van der Waals surface area contributed by atoms with Gasteiger partial charge in [0.05, 0.1) is 21.3 Å². The second-order valence-corrected chi connectivity index (χ2v) is 9.32. The smallest absolute Gasteiger partial charge is 0.265 e. The van der Waals surface area contributed by atoms with Crippen molar-refractivity contribution in [3.05, 3.63) is 65.2 Å². The van der Waals surface area contributed by atoms with Crippen molar-refractivity contribution >= 4 is 55.6 Å². The largest absolute Gasteiger partial charge is 0.345 e. The zero-order valence-electron chi connectivity index (χ0n) is 16.2. The highest BCUT2D eigenvalue weighted by atomic mass is 35.5. The predicted octanol–water partition coefficient (Wildman–Crippen LogP) is 3.34. The molecule has 1 heterocycles. The molecule has 0 aromatic heterocycles. The number of halogens is 1. The van der Waals surface area contributed by atoms with E-state index in [-0.39, 0.29) is 21.5 Å². The van der Waals surface area contributed by atoms with Crippen LogP contribution in [0.2, 0.25) is 5.02 Å². The molecule has 0 fully saturated rings. The summed E-state index contributed by atoms with van der Waals surface area (Å²) < 4.78 is 27.1. The summed E-state index contributed by atoms with van der Waals surface area (Å²) in [5, 5.41) is 4.25. The van der Waals surface area contributed by atoms with Crippen molar-refractivity contribution < 1.29 is 18.0 Å². The van der Waals surface area contributed by atoms with E-state index in [9.17, 15) is 18.0 Å². The van der Waals surface area contributed by atoms with Crippen LogP contribution in [-0.4, -0.2) is 45.8 Å². The van der Waals surface area contributed by atoms with Crippen molar-refractivity contribution in [2.75, 3.05) is 30.3 Å². The first-order valence-corrected chi connectivity index (χ1v) is 10.9. The molecule has 0 saturated heterocycles. The lowest BCUT2D eigenvalue weighted by molar-refractivity contribution is -0.114. The number of carbonyl (C=O) groups is 2. The molecule has 7 nitrogen and oxygen atoms in total. The minimum atomic E-state index is -3.85. The standard InChI is InChI=1S/C21H18ClN3O4S/c1-24(2)21(27)14-9-10-15(22)16(11-14)23-19(26)12-25-17-7-3-5-13-6-4-8-18(20(13)17)30(25,28)29/h3-11H,12H2,1-2H3,(H,23,26). The molecular weight excluding hydrogens is 426 g/mol. The summed E-state index contributed by atoms with van der Waals surface area (Å²) in [6.07, 6.45) is 0. The topological polar surface area (TPSA) is 86.8 Å². The Hall–Kier alpha value is -3.10. The van der Waals surface area contributed by atoms with Gasteiger partial charge in [-0.1, -0.05) is 35.9 Å². The highest BCUT2D eigenvalue weighted by molar-refractivity contribution is 7.93. The molecule has 0 aliphatic carbocycles. The lowest BCUT2D eigenvalue weighted by Gasteiger charge is -2.19. The Bertz CT molecular complexity index is 1300. The van der Waals surface area contributed by atoms with E-state index in [2.05, 4.69) is 5.32 Å². The fourth-order valence-electron chi connectivity index (χ4n) is 3.46. The third kappa shape index (κ3) is 3.28. The Morgan fingerprint density at radius 2 is 1.77 bits per heavy atom. The van der Waals surface area contributed by atoms with Gasteiger partial charge >= 0.3 is 0 Å². The zero-order chi connectivity index (χ0) is 21.6. The molecule has 0 radical (unpaired) electrons. The van der Waals surface area contributed by atoms with E-state index in [0.29, 0.717) is 16.6 Å². The Morgan fingerprint density at radius 3 is 2.47 bits per heavy atom. The van der Waals surface area contributed by atoms with E-state index in [0.717, 1.165) is 9.69 Å². The second kappa shape index (κ2) is 7.30. The maximum Gasteiger partial charge on any atom is 0.265 e. The Balaban J connectivity index is 1.63. The summed E-state index contributed by atoms with van der Waals surface area (Å²) >= 11 is 6.16. The lowest BCUT2D eigenvalue weighted by Crippen LogP contribution is -2.35. The fraction of sp³-hybridized carbons (Fsp3) is 0.143. The van der Waals surface area contributed by atoms with E-state index in [1.165, 1.54) is 23.1 Å². The van der Waals surface area contributed by atoms with Crippen molar-refractivity contribution in [3.63, 3.8) is 0 Å². The van der Waals surface area contributed by atoms with E-state index in [1.807, 2.05) is 12.1 Å². The van der Waals surface area contributed by atoms with Crippen LogP contribution >= 0.6 is 11.6 Å². The predicted molar refractivity (Wildman–Crippen MR) is 117 cm³/mol. The number of nitrogens with one attached hydrogen (secondary N) is 1. The Morgan fingerprint density at radius 1 is 1.07 bits per heavy atom. The van der Waals surface area contributed by atoms with Gasteiger partial charge in [-0.15, -0.1) is 0 Å². The number of nitrogens with zero attached hydrogens (tertiary/aromatic N) is 2. The van der Waals surface area contributed by atoms with Gasteiger partial charge in [-0.05, 0) is 35.7 Å². The van der Waals surface area contributed by atoms with Crippen LogP contribution in [0.25, 0.3) is 10.8 Å².